The number of ketones is 1. The number of ether oxygens (including phenoxy) is 1. The van der Waals surface area contributed by atoms with Gasteiger partial charge in [-0.15, -0.1) is 0 Å². The first-order valence-electron chi connectivity index (χ1n) is 13.1. The molecule has 0 bridgehead atoms. The van der Waals surface area contributed by atoms with Crippen LogP contribution in [0.2, 0.25) is 0 Å². The molecule has 1 aromatic heterocycles. The zero-order valence-corrected chi connectivity index (χ0v) is 21.7. The Morgan fingerprint density at radius 2 is 1.75 bits per heavy atom. The lowest BCUT2D eigenvalue weighted by Crippen LogP contribution is -2.40. The van der Waals surface area contributed by atoms with Crippen molar-refractivity contribution in [1.82, 2.24) is 14.9 Å². The fraction of sp³-hybridized carbons (Fsp3) is 0.571. The van der Waals surface area contributed by atoms with Crippen LogP contribution in [0, 0.1) is 18.8 Å². The number of carbonyl (C=O) groups excluding carboxylic acids is 2. The molecule has 2 fully saturated rings. The van der Waals surface area contributed by atoms with Gasteiger partial charge in [0.25, 0.3) is 5.56 Å². The third-order valence-electron chi connectivity index (χ3n) is 7.21. The van der Waals surface area contributed by atoms with Crippen LogP contribution in [0.15, 0.2) is 29.1 Å². The monoisotopic (exact) mass is 494 g/mol. The van der Waals surface area contributed by atoms with Gasteiger partial charge in [-0.3, -0.25) is 19.4 Å². The van der Waals surface area contributed by atoms with Crippen LogP contribution in [-0.4, -0.2) is 66.0 Å². The number of nitrogens with zero attached hydrogens (tertiary/aromatic N) is 3. The molecule has 36 heavy (non-hydrogen) atoms. The number of carbonyl (C=O) groups is 2. The summed E-state index contributed by atoms with van der Waals surface area (Å²) < 4.78 is 5.36. The predicted octanol–water partition coefficient (Wildman–Crippen LogP) is 3.17. The fourth-order valence-electron chi connectivity index (χ4n) is 5.11. The summed E-state index contributed by atoms with van der Waals surface area (Å²) in [5, 5.41) is 0. The van der Waals surface area contributed by atoms with Gasteiger partial charge in [0.2, 0.25) is 11.9 Å². The van der Waals surface area contributed by atoms with Gasteiger partial charge in [-0.05, 0) is 44.1 Å². The minimum Gasteiger partial charge on any atom is -0.378 e. The SMILES string of the molecule is Cc1nc(N2CCOCC2)[nH]c(=O)c1CCC(=O)N1CCC(C(=O)c2ccc(CC(C)C)cc2)CC1. The smallest absolute Gasteiger partial charge is 0.255 e. The molecule has 0 unspecified atom stereocenters. The molecule has 194 valence electrons. The third-order valence-corrected chi connectivity index (χ3v) is 7.21. The highest BCUT2D eigenvalue weighted by Gasteiger charge is 2.28. The Balaban J connectivity index is 1.28. The van der Waals surface area contributed by atoms with Gasteiger partial charge in [-0.25, -0.2) is 4.98 Å². The lowest BCUT2D eigenvalue weighted by atomic mass is 9.88. The Bertz CT molecular complexity index is 1110. The lowest BCUT2D eigenvalue weighted by molar-refractivity contribution is -0.132. The summed E-state index contributed by atoms with van der Waals surface area (Å²) >= 11 is 0. The van der Waals surface area contributed by atoms with E-state index >= 15 is 0 Å². The minimum absolute atomic E-state index is 0.0231. The fourth-order valence-corrected chi connectivity index (χ4v) is 5.11. The molecule has 2 aromatic rings. The number of Topliss-reactive ketones (excluding diaryl/α,β-unsaturated/α-hetero) is 1. The van der Waals surface area contributed by atoms with Crippen LogP contribution in [0.4, 0.5) is 5.95 Å². The Morgan fingerprint density at radius 1 is 1.08 bits per heavy atom. The summed E-state index contributed by atoms with van der Waals surface area (Å²) in [5.74, 6) is 1.30. The van der Waals surface area contributed by atoms with E-state index in [1.54, 1.807) is 0 Å². The quantitative estimate of drug-likeness (QED) is 0.567. The number of piperidine rings is 1. The number of rotatable bonds is 8. The molecule has 8 heteroatoms. The molecule has 1 amide bonds. The summed E-state index contributed by atoms with van der Waals surface area (Å²) in [7, 11) is 0. The van der Waals surface area contributed by atoms with Gasteiger partial charge in [0, 0.05) is 55.3 Å². The molecule has 0 saturated carbocycles. The summed E-state index contributed by atoms with van der Waals surface area (Å²) in [4.78, 5) is 49.8. The highest BCUT2D eigenvalue weighted by atomic mass is 16.5. The topological polar surface area (TPSA) is 95.6 Å². The van der Waals surface area contributed by atoms with E-state index in [0.717, 1.165) is 12.0 Å². The molecule has 2 aliphatic heterocycles. The molecule has 1 N–H and O–H groups in total. The van der Waals surface area contributed by atoms with Gasteiger partial charge < -0.3 is 14.5 Å². The number of hydrogen-bond donors (Lipinski definition) is 1. The Labute approximate surface area is 213 Å². The number of aryl methyl sites for hydroxylation is 1. The van der Waals surface area contributed by atoms with Gasteiger partial charge in [-0.1, -0.05) is 38.1 Å². The molecule has 0 atom stereocenters. The number of aromatic amines is 1. The van der Waals surface area contributed by atoms with Crippen LogP contribution in [0.3, 0.4) is 0 Å². The molecule has 0 aliphatic carbocycles. The van der Waals surface area contributed by atoms with Crippen LogP contribution < -0.4 is 10.5 Å². The molecule has 3 heterocycles. The van der Waals surface area contributed by atoms with Gasteiger partial charge >= 0.3 is 0 Å². The Hall–Kier alpha value is -3.00. The lowest BCUT2D eigenvalue weighted by Gasteiger charge is -2.31. The summed E-state index contributed by atoms with van der Waals surface area (Å²) in [6.07, 6.45) is 2.98. The zero-order chi connectivity index (χ0) is 25.7. The summed E-state index contributed by atoms with van der Waals surface area (Å²) in [6, 6.07) is 7.99. The van der Waals surface area contributed by atoms with E-state index < -0.39 is 0 Å². The highest BCUT2D eigenvalue weighted by molar-refractivity contribution is 5.98. The van der Waals surface area contributed by atoms with Crippen LogP contribution in [0.1, 0.15) is 60.3 Å². The average molecular weight is 495 g/mol. The molecule has 8 nitrogen and oxygen atoms in total. The largest absolute Gasteiger partial charge is 0.378 e. The molecule has 2 aliphatic rings. The van der Waals surface area contributed by atoms with E-state index in [-0.39, 0.29) is 29.6 Å². The van der Waals surface area contributed by atoms with Crippen LogP contribution in [0.25, 0.3) is 0 Å². The standard InChI is InChI=1S/C28H38N4O4/c1-19(2)18-21-4-6-22(7-5-21)26(34)23-10-12-31(13-11-23)25(33)9-8-24-20(3)29-28(30-27(24)35)32-14-16-36-17-15-32/h4-7,19,23H,8-18H2,1-3H3,(H,29,30,35). The normalized spacial score (nSPS) is 17.0. The van der Waals surface area contributed by atoms with E-state index in [1.165, 1.54) is 5.56 Å². The number of likely N-dealkylation sites (tertiary alicyclic amines) is 1. The van der Waals surface area contributed by atoms with Crippen molar-refractivity contribution in [1.29, 1.82) is 0 Å². The van der Waals surface area contributed by atoms with Crippen LogP contribution in [-0.2, 0) is 22.4 Å². The van der Waals surface area contributed by atoms with Crippen molar-refractivity contribution in [3.8, 4) is 0 Å². The molecule has 4 rings (SSSR count). The highest BCUT2D eigenvalue weighted by Crippen LogP contribution is 2.23. The van der Waals surface area contributed by atoms with Crippen molar-refractivity contribution >= 4 is 17.6 Å². The maximum absolute atomic E-state index is 13.0. The molecular weight excluding hydrogens is 456 g/mol. The number of nitrogens with one attached hydrogen (secondary N) is 1. The van der Waals surface area contributed by atoms with Crippen molar-refractivity contribution in [3.63, 3.8) is 0 Å². The van der Waals surface area contributed by atoms with E-state index in [9.17, 15) is 14.4 Å². The van der Waals surface area contributed by atoms with Crippen molar-refractivity contribution in [2.45, 2.75) is 52.9 Å². The van der Waals surface area contributed by atoms with E-state index in [2.05, 4.69) is 35.9 Å². The molecular formula is C28H38N4O4. The number of benzene rings is 1. The van der Waals surface area contributed by atoms with E-state index in [1.807, 2.05) is 28.9 Å². The second kappa shape index (κ2) is 11.8. The third kappa shape index (κ3) is 6.40. The second-order valence-corrected chi connectivity index (χ2v) is 10.4. The van der Waals surface area contributed by atoms with E-state index in [4.69, 9.17) is 4.74 Å². The van der Waals surface area contributed by atoms with Gasteiger partial charge in [0.1, 0.15) is 0 Å². The minimum atomic E-state index is -0.180. The summed E-state index contributed by atoms with van der Waals surface area (Å²) in [5.41, 5.74) is 3.06. The van der Waals surface area contributed by atoms with Gasteiger partial charge in [0.15, 0.2) is 5.78 Å². The van der Waals surface area contributed by atoms with Crippen molar-refractivity contribution in [2.75, 3.05) is 44.3 Å². The van der Waals surface area contributed by atoms with Crippen LogP contribution >= 0.6 is 0 Å². The van der Waals surface area contributed by atoms with Gasteiger partial charge in [-0.2, -0.15) is 0 Å². The molecule has 2 saturated heterocycles. The predicted molar refractivity (Wildman–Crippen MR) is 140 cm³/mol. The number of morpholine rings is 1. The van der Waals surface area contributed by atoms with Crippen LogP contribution in [0.5, 0.6) is 0 Å². The number of H-pyrrole nitrogens is 1. The average Bonchev–Trinajstić information content (AvgIpc) is 2.88. The van der Waals surface area contributed by atoms with Crippen molar-refractivity contribution in [3.05, 3.63) is 57.0 Å². The number of aromatic nitrogens is 2. The number of anilines is 1. The second-order valence-electron chi connectivity index (χ2n) is 10.4. The van der Waals surface area contributed by atoms with E-state index in [0.29, 0.717) is 81.8 Å². The summed E-state index contributed by atoms with van der Waals surface area (Å²) in [6.45, 7) is 9.97. The Morgan fingerprint density at radius 3 is 2.36 bits per heavy atom. The zero-order valence-electron chi connectivity index (χ0n) is 21.7. The number of amides is 1. The first-order chi connectivity index (χ1) is 17.3. The first kappa shape index (κ1) is 26.1. The van der Waals surface area contributed by atoms with Crippen molar-refractivity contribution < 1.29 is 14.3 Å². The molecule has 0 radical (unpaired) electrons. The maximum atomic E-state index is 13.0. The number of hydrogen-bond acceptors (Lipinski definition) is 6. The van der Waals surface area contributed by atoms with Gasteiger partial charge in [0.05, 0.1) is 13.2 Å². The van der Waals surface area contributed by atoms with Crippen molar-refractivity contribution in [2.24, 2.45) is 11.8 Å². The maximum Gasteiger partial charge on any atom is 0.255 e. The molecule has 0 spiro atoms. The Kier molecular flexibility index (Phi) is 8.56. The molecule has 1 aromatic carbocycles. The first-order valence-corrected chi connectivity index (χ1v) is 13.1.